The van der Waals surface area contributed by atoms with Crippen LogP contribution < -0.4 is 0 Å². The van der Waals surface area contributed by atoms with Gasteiger partial charge in [0.05, 0.1) is 6.07 Å². The summed E-state index contributed by atoms with van der Waals surface area (Å²) in [6.07, 6.45) is 6.17. The van der Waals surface area contributed by atoms with E-state index >= 15 is 0 Å². The number of nitriles is 1. The van der Waals surface area contributed by atoms with Crippen molar-refractivity contribution in [2.45, 2.75) is 46.0 Å². The Kier molecular flexibility index (Phi) is 5.71. The van der Waals surface area contributed by atoms with Crippen LogP contribution in [0.5, 0.6) is 0 Å². The topological polar surface area (TPSA) is 27.0 Å². The molecule has 1 aliphatic heterocycles. The molecule has 0 saturated carbocycles. The molecule has 0 spiro atoms. The third-order valence-corrected chi connectivity index (χ3v) is 3.40. The zero-order valence-electron chi connectivity index (χ0n) is 10.2. The Bertz CT molecular complexity index is 197. The highest BCUT2D eigenvalue weighted by atomic mass is 15.1. The Labute approximate surface area is 94.3 Å². The van der Waals surface area contributed by atoms with E-state index in [2.05, 4.69) is 24.8 Å². The van der Waals surface area contributed by atoms with Crippen molar-refractivity contribution < 1.29 is 0 Å². The van der Waals surface area contributed by atoms with Crippen LogP contribution in [0.3, 0.4) is 0 Å². The van der Waals surface area contributed by atoms with Gasteiger partial charge in [-0.05, 0) is 37.8 Å². The first-order chi connectivity index (χ1) is 7.22. The SMILES string of the molecule is CC(C)CCC1CCN(CCC#N)CC1. The van der Waals surface area contributed by atoms with Gasteiger partial charge in [-0.3, -0.25) is 0 Å². The molecule has 0 aromatic carbocycles. The molecule has 0 atom stereocenters. The number of piperidine rings is 1. The van der Waals surface area contributed by atoms with Gasteiger partial charge < -0.3 is 4.90 Å². The van der Waals surface area contributed by atoms with Crippen LogP contribution in [0.1, 0.15) is 46.0 Å². The molecule has 1 saturated heterocycles. The van der Waals surface area contributed by atoms with E-state index in [0.29, 0.717) is 6.42 Å². The van der Waals surface area contributed by atoms with Gasteiger partial charge in [0, 0.05) is 13.0 Å². The molecule has 86 valence electrons. The first-order valence-corrected chi connectivity index (χ1v) is 6.31. The molecule has 0 aliphatic carbocycles. The summed E-state index contributed by atoms with van der Waals surface area (Å²) in [4.78, 5) is 2.44. The predicted molar refractivity (Wildman–Crippen MR) is 63.5 cm³/mol. The van der Waals surface area contributed by atoms with E-state index in [0.717, 1.165) is 18.4 Å². The average Bonchev–Trinajstić information content (AvgIpc) is 2.25. The van der Waals surface area contributed by atoms with E-state index < -0.39 is 0 Å². The molecule has 1 fully saturated rings. The summed E-state index contributed by atoms with van der Waals surface area (Å²) >= 11 is 0. The third-order valence-electron chi connectivity index (χ3n) is 3.40. The van der Waals surface area contributed by atoms with Gasteiger partial charge in [0.25, 0.3) is 0 Å². The minimum absolute atomic E-state index is 0.691. The van der Waals surface area contributed by atoms with Crippen LogP contribution in [-0.4, -0.2) is 24.5 Å². The fourth-order valence-corrected chi connectivity index (χ4v) is 2.28. The van der Waals surface area contributed by atoms with Crippen LogP contribution in [0, 0.1) is 23.2 Å². The van der Waals surface area contributed by atoms with Crippen molar-refractivity contribution in [2.75, 3.05) is 19.6 Å². The lowest BCUT2D eigenvalue weighted by Crippen LogP contribution is -2.34. The standard InChI is InChI=1S/C13H24N2/c1-12(2)4-5-13-6-10-15(11-7-13)9-3-8-14/h12-13H,3-7,9-11H2,1-2H3. The summed E-state index contributed by atoms with van der Waals surface area (Å²) < 4.78 is 0. The van der Waals surface area contributed by atoms with Crippen LogP contribution in [0.25, 0.3) is 0 Å². The molecule has 0 aromatic heterocycles. The quantitative estimate of drug-likeness (QED) is 0.694. The number of nitrogens with zero attached hydrogens (tertiary/aromatic N) is 2. The maximum absolute atomic E-state index is 8.52. The van der Waals surface area contributed by atoms with Crippen LogP contribution in [0.15, 0.2) is 0 Å². The second-order valence-electron chi connectivity index (χ2n) is 5.16. The first-order valence-electron chi connectivity index (χ1n) is 6.31. The fraction of sp³-hybridized carbons (Fsp3) is 0.923. The van der Waals surface area contributed by atoms with E-state index in [4.69, 9.17) is 5.26 Å². The maximum Gasteiger partial charge on any atom is 0.0635 e. The first kappa shape index (κ1) is 12.5. The number of rotatable bonds is 5. The molecule has 15 heavy (non-hydrogen) atoms. The fourth-order valence-electron chi connectivity index (χ4n) is 2.28. The van der Waals surface area contributed by atoms with E-state index in [-0.39, 0.29) is 0 Å². The van der Waals surface area contributed by atoms with Crippen LogP contribution in [0.4, 0.5) is 0 Å². The lowest BCUT2D eigenvalue weighted by molar-refractivity contribution is 0.178. The molecule has 0 aromatic rings. The molecule has 0 N–H and O–H groups in total. The summed E-state index contributed by atoms with van der Waals surface area (Å²) in [6.45, 7) is 8.02. The van der Waals surface area contributed by atoms with E-state index in [1.54, 1.807) is 0 Å². The van der Waals surface area contributed by atoms with Crippen molar-refractivity contribution in [3.8, 4) is 6.07 Å². The van der Waals surface area contributed by atoms with Crippen molar-refractivity contribution in [1.82, 2.24) is 4.90 Å². The molecule has 2 nitrogen and oxygen atoms in total. The third kappa shape index (κ3) is 5.18. The Hall–Kier alpha value is -0.550. The molecular weight excluding hydrogens is 184 g/mol. The van der Waals surface area contributed by atoms with Crippen LogP contribution in [-0.2, 0) is 0 Å². The lowest BCUT2D eigenvalue weighted by atomic mass is 9.89. The monoisotopic (exact) mass is 208 g/mol. The Morgan fingerprint density at radius 1 is 1.33 bits per heavy atom. The summed E-state index contributed by atoms with van der Waals surface area (Å²) in [5.74, 6) is 1.80. The second-order valence-corrected chi connectivity index (χ2v) is 5.16. The van der Waals surface area contributed by atoms with Gasteiger partial charge >= 0.3 is 0 Å². The number of hydrogen-bond acceptors (Lipinski definition) is 2. The second kappa shape index (κ2) is 6.85. The van der Waals surface area contributed by atoms with Gasteiger partial charge in [0.1, 0.15) is 0 Å². The van der Waals surface area contributed by atoms with Crippen LogP contribution in [0.2, 0.25) is 0 Å². The summed E-state index contributed by atoms with van der Waals surface area (Å²) in [6, 6.07) is 2.22. The molecule has 1 rings (SSSR count). The van der Waals surface area contributed by atoms with E-state index in [1.807, 2.05) is 0 Å². The molecule has 1 aliphatic rings. The average molecular weight is 208 g/mol. The highest BCUT2D eigenvalue weighted by molar-refractivity contribution is 4.77. The molecule has 0 amide bonds. The summed E-state index contributed by atoms with van der Waals surface area (Å²) in [5, 5.41) is 8.52. The minimum Gasteiger partial charge on any atom is -0.302 e. The minimum atomic E-state index is 0.691. The molecule has 0 bridgehead atoms. The number of hydrogen-bond donors (Lipinski definition) is 0. The van der Waals surface area contributed by atoms with Gasteiger partial charge in [-0.2, -0.15) is 5.26 Å². The smallest absolute Gasteiger partial charge is 0.0635 e. The van der Waals surface area contributed by atoms with Gasteiger partial charge in [-0.1, -0.05) is 26.7 Å². The Morgan fingerprint density at radius 3 is 2.53 bits per heavy atom. The summed E-state index contributed by atoms with van der Waals surface area (Å²) in [5.41, 5.74) is 0. The molecular formula is C13H24N2. The zero-order valence-corrected chi connectivity index (χ0v) is 10.2. The van der Waals surface area contributed by atoms with Crippen LogP contribution >= 0.6 is 0 Å². The largest absolute Gasteiger partial charge is 0.302 e. The zero-order chi connectivity index (χ0) is 11.1. The van der Waals surface area contributed by atoms with Gasteiger partial charge in [0.2, 0.25) is 0 Å². The highest BCUT2D eigenvalue weighted by Crippen LogP contribution is 2.23. The van der Waals surface area contributed by atoms with Crippen molar-refractivity contribution in [1.29, 1.82) is 5.26 Å². The molecule has 0 unspecified atom stereocenters. The molecule has 0 radical (unpaired) electrons. The van der Waals surface area contributed by atoms with Gasteiger partial charge in [0.15, 0.2) is 0 Å². The highest BCUT2D eigenvalue weighted by Gasteiger charge is 2.18. The molecule has 1 heterocycles. The Morgan fingerprint density at radius 2 is 2.00 bits per heavy atom. The van der Waals surface area contributed by atoms with Gasteiger partial charge in [-0.15, -0.1) is 0 Å². The van der Waals surface area contributed by atoms with Crippen molar-refractivity contribution >= 4 is 0 Å². The molecule has 2 heteroatoms. The number of likely N-dealkylation sites (tertiary alicyclic amines) is 1. The van der Waals surface area contributed by atoms with Gasteiger partial charge in [-0.25, -0.2) is 0 Å². The van der Waals surface area contributed by atoms with Crippen molar-refractivity contribution in [2.24, 2.45) is 11.8 Å². The maximum atomic E-state index is 8.52. The normalized spacial score (nSPS) is 19.3. The summed E-state index contributed by atoms with van der Waals surface area (Å²) in [7, 11) is 0. The van der Waals surface area contributed by atoms with E-state index in [9.17, 15) is 0 Å². The van der Waals surface area contributed by atoms with Crippen molar-refractivity contribution in [3.63, 3.8) is 0 Å². The van der Waals surface area contributed by atoms with E-state index in [1.165, 1.54) is 38.8 Å². The lowest BCUT2D eigenvalue weighted by Gasteiger charge is -2.31. The Balaban J connectivity index is 2.10. The van der Waals surface area contributed by atoms with Crippen molar-refractivity contribution in [3.05, 3.63) is 0 Å². The predicted octanol–water partition coefficient (Wildman–Crippen LogP) is 3.05.